The summed E-state index contributed by atoms with van der Waals surface area (Å²) in [5, 5.41) is 2.83. The zero-order valence-electron chi connectivity index (χ0n) is 12.8. The van der Waals surface area contributed by atoms with Crippen molar-refractivity contribution in [3.05, 3.63) is 70.8 Å². The Morgan fingerprint density at radius 1 is 1.04 bits per heavy atom. The number of fused-ring (bicyclic) bond motifs is 2. The van der Waals surface area contributed by atoms with E-state index in [0.717, 1.165) is 35.8 Å². The van der Waals surface area contributed by atoms with Crippen molar-refractivity contribution in [3.8, 4) is 0 Å². The molecule has 4 heteroatoms. The van der Waals surface area contributed by atoms with Crippen LogP contribution in [0.2, 0.25) is 0 Å². The Morgan fingerprint density at radius 2 is 1.78 bits per heavy atom. The molecule has 3 rings (SSSR count). The van der Waals surface area contributed by atoms with Gasteiger partial charge in [0.25, 0.3) is 5.91 Å². The largest absolute Gasteiger partial charge is 0.377 e. The number of nitrogens with one attached hydrogen (secondary N) is 1. The van der Waals surface area contributed by atoms with Gasteiger partial charge in [-0.25, -0.2) is 0 Å². The number of aryl methyl sites for hydroxylation is 1. The third-order valence-electron chi connectivity index (χ3n) is 4.07. The first-order chi connectivity index (χ1) is 11.3. The monoisotopic (exact) mass is 309 g/mol. The molecule has 0 aromatic heterocycles. The third kappa shape index (κ3) is 3.48. The van der Waals surface area contributed by atoms with Gasteiger partial charge in [-0.15, -0.1) is 0 Å². The number of carbonyl (C=O) groups excluding carboxylic acids is 2. The number of carbonyl (C=O) groups is 2. The second kappa shape index (κ2) is 7.20. The van der Waals surface area contributed by atoms with Gasteiger partial charge < -0.3 is 14.8 Å². The molecule has 1 aliphatic heterocycles. The number of aldehydes is 1. The zero-order valence-corrected chi connectivity index (χ0v) is 12.8. The van der Waals surface area contributed by atoms with E-state index in [-0.39, 0.29) is 5.91 Å². The third-order valence-corrected chi connectivity index (χ3v) is 4.07. The highest BCUT2D eigenvalue weighted by atomic mass is 16.5. The molecule has 0 fully saturated rings. The van der Waals surface area contributed by atoms with Gasteiger partial charge in [-0.05, 0) is 35.6 Å². The molecule has 2 aromatic carbocycles. The van der Waals surface area contributed by atoms with Crippen molar-refractivity contribution < 1.29 is 14.3 Å². The summed E-state index contributed by atoms with van der Waals surface area (Å²) < 4.78 is 5.70. The molecule has 0 radical (unpaired) electrons. The van der Waals surface area contributed by atoms with Crippen LogP contribution in [0.15, 0.2) is 48.5 Å². The lowest BCUT2D eigenvalue weighted by Crippen LogP contribution is -2.31. The van der Waals surface area contributed by atoms with Crippen LogP contribution >= 0.6 is 0 Å². The van der Waals surface area contributed by atoms with Crippen molar-refractivity contribution in [1.29, 1.82) is 0 Å². The average molecular weight is 309 g/mol. The lowest BCUT2D eigenvalue weighted by Gasteiger charge is -2.19. The fourth-order valence-electron chi connectivity index (χ4n) is 2.88. The van der Waals surface area contributed by atoms with E-state index >= 15 is 0 Å². The topological polar surface area (TPSA) is 55.4 Å². The Hall–Kier alpha value is -2.46. The van der Waals surface area contributed by atoms with Gasteiger partial charge in [0.1, 0.15) is 12.3 Å². The predicted octanol–water partition coefficient (Wildman–Crippen LogP) is 2.82. The summed E-state index contributed by atoms with van der Waals surface area (Å²) in [5.74, 6) is -0.253. The first-order valence-electron chi connectivity index (χ1n) is 7.79. The number of amides is 1. The summed E-state index contributed by atoms with van der Waals surface area (Å²) in [5.41, 5.74) is 3.32. The molecular formula is C19H19NO3. The molecule has 0 aliphatic carbocycles. The van der Waals surface area contributed by atoms with Crippen LogP contribution in [-0.2, 0) is 22.6 Å². The number of rotatable bonds is 1. The fourth-order valence-corrected chi connectivity index (χ4v) is 2.88. The van der Waals surface area contributed by atoms with Gasteiger partial charge in [-0.2, -0.15) is 0 Å². The van der Waals surface area contributed by atoms with E-state index in [1.165, 1.54) is 0 Å². The van der Waals surface area contributed by atoms with E-state index in [1.807, 2.05) is 42.5 Å². The van der Waals surface area contributed by atoms with E-state index in [9.17, 15) is 9.59 Å². The fraction of sp³-hybridized carbons (Fsp3) is 0.263. The minimum Gasteiger partial charge on any atom is -0.377 e. The summed E-state index contributed by atoms with van der Waals surface area (Å²) >= 11 is 0. The minimum absolute atomic E-state index is 0.253. The molecule has 2 aromatic rings. The van der Waals surface area contributed by atoms with Crippen LogP contribution in [0.4, 0.5) is 0 Å². The summed E-state index contributed by atoms with van der Waals surface area (Å²) in [6, 6.07) is 14.4. The van der Waals surface area contributed by atoms with E-state index in [2.05, 4.69) is 5.32 Å². The minimum atomic E-state index is -0.632. The highest BCUT2D eigenvalue weighted by Crippen LogP contribution is 2.20. The molecule has 1 amide bonds. The average Bonchev–Trinajstić information content (AvgIpc) is 2.59. The van der Waals surface area contributed by atoms with Crippen LogP contribution in [0.3, 0.4) is 0 Å². The first-order valence-corrected chi connectivity index (χ1v) is 7.79. The highest BCUT2D eigenvalue weighted by molar-refractivity contribution is 5.97. The summed E-state index contributed by atoms with van der Waals surface area (Å²) in [4.78, 5) is 24.1. The summed E-state index contributed by atoms with van der Waals surface area (Å²) in [6.07, 6.45) is 2.48. The van der Waals surface area contributed by atoms with Gasteiger partial charge in [0.2, 0.25) is 0 Å². The second-order valence-corrected chi connectivity index (χ2v) is 5.60. The lowest BCUT2D eigenvalue weighted by molar-refractivity contribution is -0.109. The molecule has 1 heterocycles. The number of benzene rings is 2. The number of hydrogen-bond acceptors (Lipinski definition) is 3. The Bertz CT molecular complexity index is 711. The smallest absolute Gasteiger partial charge is 0.252 e. The molecular weight excluding hydrogens is 290 g/mol. The standard InChI is InChI=1S/C19H19NO3/c21-12-18-16-9-3-1-6-14(16)8-5-11-23-13-15-7-2-4-10-17(15)19(22)20-18/h1-4,6-7,9-10,12,18H,5,8,11,13H2,(H,20,22). The molecule has 1 aliphatic rings. The van der Waals surface area contributed by atoms with E-state index in [1.54, 1.807) is 6.07 Å². The van der Waals surface area contributed by atoms with Crippen LogP contribution in [0.5, 0.6) is 0 Å². The van der Waals surface area contributed by atoms with Crippen LogP contribution in [0.25, 0.3) is 0 Å². The molecule has 0 bridgehead atoms. The maximum Gasteiger partial charge on any atom is 0.252 e. The quantitative estimate of drug-likeness (QED) is 0.824. The van der Waals surface area contributed by atoms with Crippen molar-refractivity contribution in [3.63, 3.8) is 0 Å². The molecule has 4 nitrogen and oxygen atoms in total. The normalized spacial score (nSPS) is 18.6. The van der Waals surface area contributed by atoms with Gasteiger partial charge >= 0.3 is 0 Å². The first kappa shape index (κ1) is 15.4. The number of hydrogen-bond donors (Lipinski definition) is 1. The van der Waals surface area contributed by atoms with Gasteiger partial charge in [0.05, 0.1) is 6.61 Å². The van der Waals surface area contributed by atoms with Crippen LogP contribution in [-0.4, -0.2) is 18.8 Å². The highest BCUT2D eigenvalue weighted by Gasteiger charge is 2.20. The van der Waals surface area contributed by atoms with E-state index in [0.29, 0.717) is 18.8 Å². The predicted molar refractivity (Wildman–Crippen MR) is 87.1 cm³/mol. The molecule has 1 unspecified atom stereocenters. The summed E-state index contributed by atoms with van der Waals surface area (Å²) in [7, 11) is 0. The van der Waals surface area contributed by atoms with Gasteiger partial charge in [-0.1, -0.05) is 42.5 Å². The van der Waals surface area contributed by atoms with E-state index in [4.69, 9.17) is 4.74 Å². The molecule has 1 atom stereocenters. The van der Waals surface area contributed by atoms with Gasteiger partial charge in [0, 0.05) is 12.2 Å². The Kier molecular flexibility index (Phi) is 4.83. The lowest BCUT2D eigenvalue weighted by atomic mass is 9.97. The maximum atomic E-state index is 12.6. The Balaban J connectivity index is 1.98. The van der Waals surface area contributed by atoms with Gasteiger partial charge in [0.15, 0.2) is 0 Å². The molecule has 23 heavy (non-hydrogen) atoms. The van der Waals surface area contributed by atoms with E-state index < -0.39 is 6.04 Å². The van der Waals surface area contributed by atoms with Crippen molar-refractivity contribution in [2.75, 3.05) is 6.61 Å². The Labute approximate surface area is 135 Å². The Morgan fingerprint density at radius 3 is 2.61 bits per heavy atom. The molecule has 0 saturated heterocycles. The SMILES string of the molecule is O=CC1NC(=O)c2ccccc2COCCCc2ccccc21. The second-order valence-electron chi connectivity index (χ2n) is 5.60. The number of ether oxygens (including phenoxy) is 1. The molecule has 0 spiro atoms. The van der Waals surface area contributed by atoms with Gasteiger partial charge in [-0.3, -0.25) is 4.79 Å². The maximum absolute atomic E-state index is 12.6. The van der Waals surface area contributed by atoms with Crippen LogP contribution < -0.4 is 5.32 Å². The van der Waals surface area contributed by atoms with Crippen molar-refractivity contribution in [2.24, 2.45) is 0 Å². The van der Waals surface area contributed by atoms with Crippen molar-refractivity contribution in [1.82, 2.24) is 5.32 Å². The molecule has 1 N–H and O–H groups in total. The molecule has 0 saturated carbocycles. The van der Waals surface area contributed by atoms with Crippen molar-refractivity contribution in [2.45, 2.75) is 25.5 Å². The van der Waals surface area contributed by atoms with Crippen molar-refractivity contribution >= 4 is 12.2 Å². The van der Waals surface area contributed by atoms with Crippen LogP contribution in [0, 0.1) is 0 Å². The zero-order chi connectivity index (χ0) is 16.1. The molecule has 118 valence electrons. The summed E-state index contributed by atoms with van der Waals surface area (Å²) in [6.45, 7) is 1.02. The van der Waals surface area contributed by atoms with Crippen LogP contribution in [0.1, 0.15) is 39.5 Å².